The van der Waals surface area contributed by atoms with Gasteiger partial charge >= 0.3 is 0 Å². The zero-order chi connectivity index (χ0) is 20.9. The standard InChI is InChI=1S/C23H29NO4S/c1-17(2)16-24-21(14-18-6-4-3-5-7-18)22(25)11-13-29(26,27)20-8-9-23-19(15-20)10-12-28-23/h3-10,12,15,17,21-22,24-25H,11,13-14,16H2,1-2H3/t21-,22+/m1/s1. The molecule has 0 fully saturated rings. The molecule has 156 valence electrons. The van der Waals surface area contributed by atoms with E-state index < -0.39 is 15.9 Å². The molecule has 5 nitrogen and oxygen atoms in total. The molecule has 0 aliphatic carbocycles. The van der Waals surface area contributed by atoms with Crippen LogP contribution in [0.25, 0.3) is 11.0 Å². The third kappa shape index (κ3) is 5.92. The lowest BCUT2D eigenvalue weighted by atomic mass is 9.99. The van der Waals surface area contributed by atoms with Gasteiger partial charge in [-0.25, -0.2) is 8.42 Å². The van der Waals surface area contributed by atoms with Crippen molar-refractivity contribution in [1.29, 1.82) is 0 Å². The first-order chi connectivity index (χ1) is 13.8. The van der Waals surface area contributed by atoms with E-state index in [1.165, 1.54) is 0 Å². The summed E-state index contributed by atoms with van der Waals surface area (Å²) in [4.78, 5) is 0.258. The van der Waals surface area contributed by atoms with E-state index in [-0.39, 0.29) is 23.1 Å². The molecule has 0 bridgehead atoms. The highest BCUT2D eigenvalue weighted by Gasteiger charge is 2.23. The summed E-state index contributed by atoms with van der Waals surface area (Å²) < 4.78 is 30.8. The monoisotopic (exact) mass is 415 g/mol. The molecule has 1 heterocycles. The van der Waals surface area contributed by atoms with Crippen LogP contribution < -0.4 is 5.32 Å². The molecule has 2 atom stereocenters. The minimum atomic E-state index is -3.49. The maximum Gasteiger partial charge on any atom is 0.178 e. The lowest BCUT2D eigenvalue weighted by molar-refractivity contribution is 0.121. The number of benzene rings is 2. The first-order valence-corrected chi connectivity index (χ1v) is 11.7. The molecule has 0 spiro atoms. The normalized spacial score (nSPS) is 14.3. The van der Waals surface area contributed by atoms with Crippen LogP contribution in [0.15, 0.2) is 70.2 Å². The number of nitrogens with one attached hydrogen (secondary N) is 1. The van der Waals surface area contributed by atoms with Crippen LogP contribution in [0.5, 0.6) is 0 Å². The Morgan fingerprint density at radius 3 is 2.55 bits per heavy atom. The lowest BCUT2D eigenvalue weighted by Gasteiger charge is -2.25. The number of hydrogen-bond acceptors (Lipinski definition) is 5. The zero-order valence-corrected chi connectivity index (χ0v) is 17.7. The van der Waals surface area contributed by atoms with Gasteiger partial charge in [-0.1, -0.05) is 44.2 Å². The van der Waals surface area contributed by atoms with Crippen LogP contribution in [-0.4, -0.2) is 38.0 Å². The van der Waals surface area contributed by atoms with Gasteiger partial charge in [0.15, 0.2) is 9.84 Å². The van der Waals surface area contributed by atoms with Crippen LogP contribution in [0.4, 0.5) is 0 Å². The van der Waals surface area contributed by atoms with Crippen molar-refractivity contribution in [2.45, 2.75) is 43.7 Å². The highest BCUT2D eigenvalue weighted by Crippen LogP contribution is 2.22. The summed E-state index contributed by atoms with van der Waals surface area (Å²) in [6.45, 7) is 4.98. The molecule has 0 unspecified atom stereocenters. The summed E-state index contributed by atoms with van der Waals surface area (Å²) in [5, 5.41) is 15.0. The number of furan rings is 1. The van der Waals surface area contributed by atoms with E-state index in [0.29, 0.717) is 17.9 Å². The Labute approximate surface area is 172 Å². The Bertz CT molecular complexity index is 1010. The molecule has 6 heteroatoms. The fourth-order valence-electron chi connectivity index (χ4n) is 3.33. The van der Waals surface area contributed by atoms with Gasteiger partial charge in [0.2, 0.25) is 0 Å². The average Bonchev–Trinajstić information content (AvgIpc) is 3.18. The van der Waals surface area contributed by atoms with Crippen LogP contribution >= 0.6 is 0 Å². The van der Waals surface area contributed by atoms with Crippen molar-refractivity contribution in [3.8, 4) is 0 Å². The van der Waals surface area contributed by atoms with Gasteiger partial charge < -0.3 is 14.8 Å². The second-order valence-corrected chi connectivity index (χ2v) is 10.0. The molecular weight excluding hydrogens is 386 g/mol. The van der Waals surface area contributed by atoms with Gasteiger partial charge in [-0.2, -0.15) is 0 Å². The molecular formula is C23H29NO4S. The van der Waals surface area contributed by atoms with Crippen molar-refractivity contribution in [2.24, 2.45) is 5.92 Å². The second-order valence-electron chi connectivity index (χ2n) is 7.89. The first kappa shape index (κ1) is 21.6. The van der Waals surface area contributed by atoms with E-state index in [1.54, 1.807) is 30.5 Å². The van der Waals surface area contributed by atoms with E-state index in [4.69, 9.17) is 4.42 Å². The van der Waals surface area contributed by atoms with Crippen molar-refractivity contribution >= 4 is 20.8 Å². The van der Waals surface area contributed by atoms with Gasteiger partial charge in [0.05, 0.1) is 23.0 Å². The van der Waals surface area contributed by atoms with Crippen molar-refractivity contribution in [2.75, 3.05) is 12.3 Å². The first-order valence-electron chi connectivity index (χ1n) is 10.0. The molecule has 3 aromatic rings. The number of aliphatic hydroxyl groups excluding tert-OH is 1. The van der Waals surface area contributed by atoms with Crippen molar-refractivity contribution < 1.29 is 17.9 Å². The maximum atomic E-state index is 12.8. The number of aliphatic hydroxyl groups is 1. The smallest absolute Gasteiger partial charge is 0.178 e. The molecule has 0 saturated carbocycles. The minimum Gasteiger partial charge on any atom is -0.464 e. The molecule has 2 aromatic carbocycles. The zero-order valence-electron chi connectivity index (χ0n) is 16.9. The fourth-order valence-corrected chi connectivity index (χ4v) is 4.70. The summed E-state index contributed by atoms with van der Waals surface area (Å²) in [7, 11) is -3.49. The molecule has 0 aliphatic rings. The Morgan fingerprint density at radius 1 is 1.07 bits per heavy atom. The largest absolute Gasteiger partial charge is 0.464 e. The number of hydrogen-bond donors (Lipinski definition) is 2. The van der Waals surface area contributed by atoms with Crippen molar-refractivity contribution in [3.05, 3.63) is 66.4 Å². The Hall–Kier alpha value is -2.15. The van der Waals surface area contributed by atoms with Crippen molar-refractivity contribution in [1.82, 2.24) is 5.32 Å². The van der Waals surface area contributed by atoms with E-state index in [1.807, 2.05) is 30.3 Å². The summed E-state index contributed by atoms with van der Waals surface area (Å²) in [5.74, 6) is 0.331. The SMILES string of the molecule is CC(C)CN[C@H](Cc1ccccc1)[C@@H](O)CCS(=O)(=O)c1ccc2occc2c1. The Balaban J connectivity index is 1.67. The average molecular weight is 416 g/mol. The van der Waals surface area contributed by atoms with Gasteiger partial charge in [-0.15, -0.1) is 0 Å². The Kier molecular flexibility index (Phi) is 7.11. The van der Waals surface area contributed by atoms with Gasteiger partial charge in [-0.3, -0.25) is 0 Å². The quantitative estimate of drug-likeness (QED) is 0.526. The summed E-state index contributed by atoms with van der Waals surface area (Å²) in [5.41, 5.74) is 1.77. The van der Waals surface area contributed by atoms with Crippen molar-refractivity contribution in [3.63, 3.8) is 0 Å². The third-order valence-corrected chi connectivity index (χ3v) is 6.76. The lowest BCUT2D eigenvalue weighted by Crippen LogP contribution is -2.43. The van der Waals surface area contributed by atoms with E-state index >= 15 is 0 Å². The molecule has 2 N–H and O–H groups in total. The molecule has 0 saturated heterocycles. The molecule has 0 aliphatic heterocycles. The molecule has 0 amide bonds. The third-order valence-electron chi connectivity index (χ3n) is 5.02. The van der Waals surface area contributed by atoms with Gasteiger partial charge in [0, 0.05) is 11.4 Å². The molecule has 29 heavy (non-hydrogen) atoms. The maximum absolute atomic E-state index is 12.8. The predicted octanol–water partition coefficient (Wildman–Crippen LogP) is 3.81. The number of sulfone groups is 1. The summed E-state index contributed by atoms with van der Waals surface area (Å²) >= 11 is 0. The predicted molar refractivity (Wildman–Crippen MR) is 116 cm³/mol. The van der Waals surface area contributed by atoms with Crippen LogP contribution in [0.1, 0.15) is 25.8 Å². The Morgan fingerprint density at radius 2 is 1.83 bits per heavy atom. The minimum absolute atomic E-state index is 0.105. The summed E-state index contributed by atoms with van der Waals surface area (Å²) in [6, 6.07) is 16.3. The van der Waals surface area contributed by atoms with Crippen LogP contribution in [0.3, 0.4) is 0 Å². The van der Waals surface area contributed by atoms with Crippen LogP contribution in [0.2, 0.25) is 0 Å². The van der Waals surface area contributed by atoms with Gasteiger partial charge in [0.25, 0.3) is 0 Å². The van der Waals surface area contributed by atoms with Crippen LogP contribution in [-0.2, 0) is 16.3 Å². The van der Waals surface area contributed by atoms with Crippen LogP contribution in [0, 0.1) is 5.92 Å². The molecule has 1 aromatic heterocycles. The van der Waals surface area contributed by atoms with E-state index in [2.05, 4.69) is 19.2 Å². The van der Waals surface area contributed by atoms with Gasteiger partial charge in [-0.05, 0) is 55.1 Å². The highest BCUT2D eigenvalue weighted by atomic mass is 32.2. The van der Waals surface area contributed by atoms with Gasteiger partial charge in [0.1, 0.15) is 5.58 Å². The molecule has 0 radical (unpaired) electrons. The highest BCUT2D eigenvalue weighted by molar-refractivity contribution is 7.91. The van der Waals surface area contributed by atoms with E-state index in [9.17, 15) is 13.5 Å². The molecule has 3 rings (SSSR count). The summed E-state index contributed by atoms with van der Waals surface area (Å²) in [6.07, 6.45) is 1.60. The number of fused-ring (bicyclic) bond motifs is 1. The number of rotatable bonds is 10. The topological polar surface area (TPSA) is 79.5 Å². The second kappa shape index (κ2) is 9.57. The van der Waals surface area contributed by atoms with E-state index in [0.717, 1.165) is 17.5 Å². The fraction of sp³-hybridized carbons (Fsp3) is 0.391.